The van der Waals surface area contributed by atoms with Crippen molar-refractivity contribution < 1.29 is 23.4 Å². The van der Waals surface area contributed by atoms with Crippen LogP contribution in [-0.4, -0.2) is 49.5 Å². The van der Waals surface area contributed by atoms with E-state index >= 15 is 8.78 Å². The average molecular weight is 380 g/mol. The Kier molecular flexibility index (Phi) is 4.23. The van der Waals surface area contributed by atoms with E-state index < -0.39 is 17.6 Å². The molecule has 4 rings (SSSR count). The molecule has 2 heterocycles. The van der Waals surface area contributed by atoms with E-state index in [4.69, 9.17) is 16.2 Å². The second kappa shape index (κ2) is 6.35. The Morgan fingerprint density at radius 3 is 2.52 bits per heavy atom. The number of fused-ring (bicyclic) bond motifs is 1. The summed E-state index contributed by atoms with van der Waals surface area (Å²) in [5.41, 5.74) is 12.0. The van der Waals surface area contributed by atoms with E-state index in [1.54, 1.807) is 4.90 Å². The van der Waals surface area contributed by atoms with Gasteiger partial charge in [-0.2, -0.15) is 0 Å². The van der Waals surface area contributed by atoms with E-state index in [0.29, 0.717) is 0 Å². The third-order valence-corrected chi connectivity index (χ3v) is 5.53. The van der Waals surface area contributed by atoms with Crippen LogP contribution in [0.1, 0.15) is 18.4 Å². The lowest BCUT2D eigenvalue weighted by Crippen LogP contribution is -2.34. The van der Waals surface area contributed by atoms with Gasteiger partial charge < -0.3 is 31.1 Å². The molecule has 0 unspecified atom stereocenters. The van der Waals surface area contributed by atoms with E-state index in [2.05, 4.69) is 0 Å². The molecule has 1 saturated heterocycles. The highest BCUT2D eigenvalue weighted by molar-refractivity contribution is 5.91. The van der Waals surface area contributed by atoms with Gasteiger partial charge >= 0.3 is 5.97 Å². The zero-order valence-corrected chi connectivity index (χ0v) is 14.9. The number of carboxylic acids is 1. The lowest BCUT2D eigenvalue weighted by atomic mass is 9.95. The zero-order chi connectivity index (χ0) is 19.5. The number of hydrogen-bond donors (Lipinski definition) is 3. The number of anilines is 3. The molecule has 5 N–H and O–H groups in total. The van der Waals surface area contributed by atoms with Gasteiger partial charge in [0.05, 0.1) is 29.1 Å². The molecule has 9 heteroatoms. The number of carboxylic acid groups (broad SMARTS) is 1. The second-order valence-corrected chi connectivity index (χ2v) is 7.34. The molecule has 0 spiro atoms. The average Bonchev–Trinajstić information content (AvgIpc) is 3.42. The molecule has 0 radical (unpaired) electrons. The molecule has 2 atom stereocenters. The van der Waals surface area contributed by atoms with Crippen molar-refractivity contribution in [2.45, 2.75) is 37.5 Å². The van der Waals surface area contributed by atoms with Crippen molar-refractivity contribution in [1.82, 2.24) is 0 Å². The van der Waals surface area contributed by atoms with Crippen LogP contribution >= 0.6 is 0 Å². The summed E-state index contributed by atoms with van der Waals surface area (Å²) in [6, 6.07) is -0.373. The first kappa shape index (κ1) is 18.0. The highest BCUT2D eigenvalue weighted by Crippen LogP contribution is 2.46. The van der Waals surface area contributed by atoms with Crippen LogP contribution in [0.15, 0.2) is 11.8 Å². The number of aliphatic carboxylic acids is 1. The van der Waals surface area contributed by atoms with Gasteiger partial charge in [-0.05, 0) is 12.8 Å². The van der Waals surface area contributed by atoms with Crippen LogP contribution in [0.5, 0.6) is 0 Å². The number of nitrogens with two attached hydrogens (primary N) is 2. The fourth-order valence-corrected chi connectivity index (χ4v) is 3.93. The molecule has 1 aliphatic carbocycles. The minimum absolute atomic E-state index is 0.00169. The van der Waals surface area contributed by atoms with Crippen LogP contribution < -0.4 is 21.3 Å². The van der Waals surface area contributed by atoms with Crippen LogP contribution in [0.3, 0.4) is 0 Å². The Bertz CT molecular complexity index is 841. The number of rotatable bonds is 4. The lowest BCUT2D eigenvalue weighted by molar-refractivity contribution is -0.132. The van der Waals surface area contributed by atoms with Crippen molar-refractivity contribution in [3.8, 4) is 0 Å². The Hall–Kier alpha value is -2.39. The first-order chi connectivity index (χ1) is 12.8. The molecule has 0 aromatic heterocycles. The lowest BCUT2D eigenvalue weighted by Gasteiger charge is -2.32. The SMILES string of the molecule is CO[C@@H]1CN(c2c(F)c(N)c3c(c2F)N(C2CC2)C=C(C(=O)O)C3)C[C@@H]1N. The molecule has 7 nitrogen and oxygen atoms in total. The van der Waals surface area contributed by atoms with Crippen LogP contribution in [-0.2, 0) is 16.0 Å². The van der Waals surface area contributed by atoms with Gasteiger partial charge in [0.15, 0.2) is 11.6 Å². The normalized spacial score (nSPS) is 24.8. The maximum absolute atomic E-state index is 15.5. The molecule has 3 aliphatic rings. The summed E-state index contributed by atoms with van der Waals surface area (Å²) in [6.07, 6.45) is 2.62. The van der Waals surface area contributed by atoms with Crippen molar-refractivity contribution in [2.75, 3.05) is 35.7 Å². The van der Waals surface area contributed by atoms with E-state index in [-0.39, 0.29) is 65.9 Å². The predicted molar refractivity (Wildman–Crippen MR) is 96.7 cm³/mol. The first-order valence-electron chi connectivity index (χ1n) is 8.88. The van der Waals surface area contributed by atoms with E-state index in [1.807, 2.05) is 0 Å². The molecule has 1 aromatic carbocycles. The van der Waals surface area contributed by atoms with Gasteiger partial charge in [-0.3, -0.25) is 0 Å². The first-order valence-corrected chi connectivity index (χ1v) is 8.88. The number of carbonyl (C=O) groups is 1. The Morgan fingerprint density at radius 1 is 1.26 bits per heavy atom. The molecular formula is C18H22F2N4O3. The molecule has 0 bridgehead atoms. The van der Waals surface area contributed by atoms with E-state index in [0.717, 1.165) is 12.8 Å². The summed E-state index contributed by atoms with van der Waals surface area (Å²) >= 11 is 0. The summed E-state index contributed by atoms with van der Waals surface area (Å²) in [7, 11) is 1.51. The number of ether oxygens (including phenoxy) is 1. The highest BCUT2D eigenvalue weighted by Gasteiger charge is 2.40. The smallest absolute Gasteiger partial charge is 0.333 e. The quantitative estimate of drug-likeness (QED) is 0.674. The van der Waals surface area contributed by atoms with Gasteiger partial charge in [0.1, 0.15) is 5.69 Å². The van der Waals surface area contributed by atoms with Crippen molar-refractivity contribution in [1.29, 1.82) is 0 Å². The fraction of sp³-hybridized carbons (Fsp3) is 0.500. The van der Waals surface area contributed by atoms with Crippen molar-refractivity contribution in [2.24, 2.45) is 5.73 Å². The number of methoxy groups -OCH3 is 1. The maximum Gasteiger partial charge on any atom is 0.333 e. The van der Waals surface area contributed by atoms with Crippen LogP contribution in [0.2, 0.25) is 0 Å². The summed E-state index contributed by atoms with van der Waals surface area (Å²) in [5, 5.41) is 9.37. The van der Waals surface area contributed by atoms with Gasteiger partial charge in [-0.15, -0.1) is 0 Å². The maximum atomic E-state index is 15.5. The number of hydrogen-bond acceptors (Lipinski definition) is 6. The van der Waals surface area contributed by atoms with Crippen LogP contribution in [0.4, 0.5) is 25.8 Å². The number of benzene rings is 1. The van der Waals surface area contributed by atoms with E-state index in [1.165, 1.54) is 18.2 Å². The molecule has 2 fully saturated rings. The molecule has 146 valence electrons. The summed E-state index contributed by atoms with van der Waals surface area (Å²) in [6.45, 7) is 0.494. The minimum Gasteiger partial charge on any atom is -0.478 e. The van der Waals surface area contributed by atoms with Crippen LogP contribution in [0, 0.1) is 11.6 Å². The van der Waals surface area contributed by atoms with Gasteiger partial charge in [0, 0.05) is 44.4 Å². The monoisotopic (exact) mass is 380 g/mol. The number of halogens is 2. The highest BCUT2D eigenvalue weighted by atomic mass is 19.1. The van der Waals surface area contributed by atoms with Crippen molar-refractivity contribution in [3.63, 3.8) is 0 Å². The molecule has 1 saturated carbocycles. The second-order valence-electron chi connectivity index (χ2n) is 7.34. The van der Waals surface area contributed by atoms with Crippen LogP contribution in [0.25, 0.3) is 0 Å². The standard InChI is InChI=1S/C18H22F2N4O3/c1-27-12-7-23(6-11(12)21)17-13(19)15(22)10-4-8(18(25)26)5-24(9-2-3-9)16(10)14(17)20/h5,9,11-12H,2-4,6-7,21-22H2,1H3,(H,25,26)/t11-,12+/m0/s1. The third-order valence-electron chi connectivity index (χ3n) is 5.53. The molecule has 2 aliphatic heterocycles. The van der Waals surface area contributed by atoms with Gasteiger partial charge in [0.25, 0.3) is 0 Å². The van der Waals surface area contributed by atoms with Gasteiger partial charge in [-0.25, -0.2) is 13.6 Å². The molecule has 1 aromatic rings. The molecule has 27 heavy (non-hydrogen) atoms. The third kappa shape index (κ3) is 2.81. The fourth-order valence-electron chi connectivity index (χ4n) is 3.93. The largest absolute Gasteiger partial charge is 0.478 e. The Balaban J connectivity index is 1.84. The summed E-state index contributed by atoms with van der Waals surface area (Å²) in [5.74, 6) is -2.73. The number of nitrogens with zero attached hydrogens (tertiary/aromatic N) is 2. The van der Waals surface area contributed by atoms with Crippen molar-refractivity contribution >= 4 is 23.0 Å². The van der Waals surface area contributed by atoms with E-state index in [9.17, 15) is 9.90 Å². The van der Waals surface area contributed by atoms with Crippen molar-refractivity contribution in [3.05, 3.63) is 29.0 Å². The summed E-state index contributed by atoms with van der Waals surface area (Å²) in [4.78, 5) is 14.6. The summed E-state index contributed by atoms with van der Waals surface area (Å²) < 4.78 is 35.9. The Morgan fingerprint density at radius 2 is 1.96 bits per heavy atom. The van der Waals surface area contributed by atoms with Gasteiger partial charge in [-0.1, -0.05) is 0 Å². The number of nitrogen functional groups attached to an aromatic ring is 1. The predicted octanol–water partition coefficient (Wildman–Crippen LogP) is 1.20. The Labute approximate surface area is 155 Å². The topological polar surface area (TPSA) is 105 Å². The zero-order valence-electron chi connectivity index (χ0n) is 14.9. The molecule has 0 amide bonds. The molecular weight excluding hydrogens is 358 g/mol. The minimum atomic E-state index is -1.12. The van der Waals surface area contributed by atoms with Gasteiger partial charge in [0.2, 0.25) is 0 Å².